The maximum absolute atomic E-state index is 12.2. The maximum atomic E-state index is 12.2. The number of nitrogens with zero attached hydrogens (tertiary/aromatic N) is 5. The summed E-state index contributed by atoms with van der Waals surface area (Å²) in [6.07, 6.45) is 1.35. The zero-order valence-corrected chi connectivity index (χ0v) is 16.2. The number of carbonyl (C=O) groups is 2. The third-order valence-electron chi connectivity index (χ3n) is 3.53. The van der Waals surface area contributed by atoms with Gasteiger partial charge in [-0.2, -0.15) is 15.3 Å². The minimum absolute atomic E-state index is 0.0340. The van der Waals surface area contributed by atoms with Gasteiger partial charge in [0.05, 0.1) is 23.4 Å². The van der Waals surface area contributed by atoms with Crippen molar-refractivity contribution in [2.45, 2.75) is 12.7 Å². The van der Waals surface area contributed by atoms with Gasteiger partial charge in [-0.15, -0.1) is 11.8 Å². The highest BCUT2D eigenvalue weighted by Gasteiger charge is 2.16. The van der Waals surface area contributed by atoms with Crippen LogP contribution in [0.2, 0.25) is 0 Å². The van der Waals surface area contributed by atoms with Gasteiger partial charge in [-0.1, -0.05) is 23.4 Å². The molecule has 0 fully saturated rings. The molecule has 1 N–H and O–H groups in total. The number of nitriles is 1. The number of thioether (sulfide) groups is 1. The fourth-order valence-electron chi connectivity index (χ4n) is 2.30. The van der Waals surface area contributed by atoms with Crippen LogP contribution in [0.1, 0.15) is 17.3 Å². The fraction of sp³-hybridized carbons (Fsp3) is 0.222. The molecule has 0 bridgehead atoms. The molecule has 0 aliphatic carbocycles. The Labute approximate surface area is 169 Å². The molecular weight excluding hydrogens is 396 g/mol. The smallest absolute Gasteiger partial charge is 0.316 e. The average Bonchev–Trinajstić information content (AvgIpc) is 3.33. The molecule has 11 heteroatoms. The molecule has 29 heavy (non-hydrogen) atoms. The number of hydrogen-bond acceptors (Lipinski definition) is 9. The van der Waals surface area contributed by atoms with Gasteiger partial charge in [0.2, 0.25) is 5.89 Å². The van der Waals surface area contributed by atoms with Crippen LogP contribution in [-0.2, 0) is 20.1 Å². The summed E-state index contributed by atoms with van der Waals surface area (Å²) in [6.45, 7) is 1.20. The van der Waals surface area contributed by atoms with Crippen molar-refractivity contribution in [2.75, 3.05) is 17.7 Å². The number of amides is 1. The van der Waals surface area contributed by atoms with Crippen LogP contribution < -0.4 is 5.32 Å². The number of hydrogen-bond donors (Lipinski definition) is 1. The lowest BCUT2D eigenvalue weighted by molar-refractivity contribution is -0.144. The van der Waals surface area contributed by atoms with Crippen molar-refractivity contribution in [3.8, 4) is 11.8 Å². The standard InChI is InChI=1S/C18H16N6O4S/c1-12-21-15(23-28-12)10-29-11-17(26)27-9-16(25)22-18-13(7-19)8-20-24(18)14-5-3-2-4-6-14/h2-6,8H,9-11H2,1H3,(H,22,25). The van der Waals surface area contributed by atoms with Crippen molar-refractivity contribution in [1.29, 1.82) is 5.26 Å². The Hall–Kier alpha value is -3.65. The fourth-order valence-corrected chi connectivity index (χ4v) is 2.95. The molecule has 0 saturated heterocycles. The Morgan fingerprint density at radius 3 is 2.83 bits per heavy atom. The molecule has 1 amide bonds. The minimum Gasteiger partial charge on any atom is -0.455 e. The van der Waals surface area contributed by atoms with Gasteiger partial charge in [0.1, 0.15) is 11.6 Å². The van der Waals surface area contributed by atoms with E-state index in [1.807, 2.05) is 24.3 Å². The van der Waals surface area contributed by atoms with E-state index in [4.69, 9.17) is 9.26 Å². The van der Waals surface area contributed by atoms with Crippen molar-refractivity contribution in [2.24, 2.45) is 0 Å². The van der Waals surface area contributed by atoms with Crippen LogP contribution in [0.3, 0.4) is 0 Å². The van der Waals surface area contributed by atoms with Crippen LogP contribution in [0.4, 0.5) is 5.82 Å². The average molecular weight is 412 g/mol. The van der Waals surface area contributed by atoms with Gasteiger partial charge in [0, 0.05) is 6.92 Å². The lowest BCUT2D eigenvalue weighted by atomic mass is 10.3. The molecule has 1 aromatic carbocycles. The zero-order chi connectivity index (χ0) is 20.6. The van der Waals surface area contributed by atoms with E-state index in [9.17, 15) is 14.9 Å². The molecule has 0 spiro atoms. The van der Waals surface area contributed by atoms with Crippen molar-refractivity contribution >= 4 is 29.5 Å². The first kappa shape index (κ1) is 20.1. The molecule has 148 valence electrons. The largest absolute Gasteiger partial charge is 0.455 e. The molecule has 2 heterocycles. The Bertz CT molecular complexity index is 1040. The first-order valence-electron chi connectivity index (χ1n) is 8.42. The lowest BCUT2D eigenvalue weighted by Gasteiger charge is -2.10. The number of para-hydroxylation sites is 1. The normalized spacial score (nSPS) is 10.3. The van der Waals surface area contributed by atoms with Crippen LogP contribution in [0, 0.1) is 18.3 Å². The van der Waals surface area contributed by atoms with Gasteiger partial charge >= 0.3 is 5.97 Å². The molecule has 0 aliphatic rings. The molecule has 3 rings (SSSR count). The molecule has 2 aromatic heterocycles. The zero-order valence-electron chi connectivity index (χ0n) is 15.4. The summed E-state index contributed by atoms with van der Waals surface area (Å²) in [4.78, 5) is 28.0. The van der Waals surface area contributed by atoms with E-state index >= 15 is 0 Å². The summed E-state index contributed by atoms with van der Waals surface area (Å²) in [5, 5.41) is 19.7. The highest BCUT2D eigenvalue weighted by atomic mass is 32.2. The van der Waals surface area contributed by atoms with Crippen molar-refractivity contribution < 1.29 is 18.8 Å². The Morgan fingerprint density at radius 1 is 1.34 bits per heavy atom. The lowest BCUT2D eigenvalue weighted by Crippen LogP contribution is -2.23. The second-order valence-electron chi connectivity index (χ2n) is 5.70. The van der Waals surface area contributed by atoms with Crippen LogP contribution in [0.25, 0.3) is 5.69 Å². The molecule has 0 atom stereocenters. The Morgan fingerprint density at radius 2 is 2.14 bits per heavy atom. The first-order valence-corrected chi connectivity index (χ1v) is 9.58. The third kappa shape index (κ3) is 5.43. The van der Waals surface area contributed by atoms with Crippen molar-refractivity contribution in [3.05, 3.63) is 53.8 Å². The van der Waals surface area contributed by atoms with Crippen molar-refractivity contribution in [3.63, 3.8) is 0 Å². The van der Waals surface area contributed by atoms with E-state index in [2.05, 4.69) is 20.6 Å². The van der Waals surface area contributed by atoms with E-state index in [1.54, 1.807) is 19.1 Å². The molecule has 10 nitrogen and oxygen atoms in total. The number of nitrogens with one attached hydrogen (secondary N) is 1. The minimum atomic E-state index is -0.577. The highest BCUT2D eigenvalue weighted by Crippen LogP contribution is 2.19. The molecule has 0 saturated carbocycles. The number of ether oxygens (including phenoxy) is 1. The number of esters is 1. The molecule has 0 aliphatic heterocycles. The van der Waals surface area contributed by atoms with Gasteiger partial charge in [-0.05, 0) is 12.1 Å². The number of anilines is 1. The second kappa shape index (κ2) is 9.52. The van der Waals surface area contributed by atoms with Gasteiger partial charge < -0.3 is 14.6 Å². The number of carbonyl (C=O) groups excluding carboxylic acids is 2. The van der Waals surface area contributed by atoms with Crippen molar-refractivity contribution in [1.82, 2.24) is 19.9 Å². The van der Waals surface area contributed by atoms with E-state index in [0.29, 0.717) is 23.2 Å². The monoisotopic (exact) mass is 412 g/mol. The van der Waals surface area contributed by atoms with E-state index < -0.39 is 18.5 Å². The first-order chi connectivity index (χ1) is 14.1. The number of benzene rings is 1. The van der Waals surface area contributed by atoms with Crippen LogP contribution >= 0.6 is 11.8 Å². The van der Waals surface area contributed by atoms with Gasteiger partial charge in [0.25, 0.3) is 5.91 Å². The third-order valence-corrected chi connectivity index (χ3v) is 4.44. The Balaban J connectivity index is 1.51. The van der Waals surface area contributed by atoms with Gasteiger partial charge in [-0.3, -0.25) is 9.59 Å². The van der Waals surface area contributed by atoms with Gasteiger partial charge in [-0.25, -0.2) is 4.68 Å². The second-order valence-corrected chi connectivity index (χ2v) is 6.68. The molecular formula is C18H16N6O4S. The number of aryl methyl sites for hydroxylation is 1. The van der Waals surface area contributed by atoms with Crippen LogP contribution in [0.5, 0.6) is 0 Å². The summed E-state index contributed by atoms with van der Waals surface area (Å²) < 4.78 is 11.2. The summed E-state index contributed by atoms with van der Waals surface area (Å²) in [5.74, 6) is 0.435. The highest BCUT2D eigenvalue weighted by molar-refractivity contribution is 7.99. The summed E-state index contributed by atoms with van der Waals surface area (Å²) in [5.41, 5.74) is 0.869. The van der Waals surface area contributed by atoms with Gasteiger partial charge in [0.15, 0.2) is 18.2 Å². The number of aromatic nitrogens is 4. The van der Waals surface area contributed by atoms with Crippen LogP contribution in [0.15, 0.2) is 41.1 Å². The van der Waals surface area contributed by atoms with Crippen LogP contribution in [-0.4, -0.2) is 44.2 Å². The maximum Gasteiger partial charge on any atom is 0.316 e. The SMILES string of the molecule is Cc1nc(CSCC(=O)OCC(=O)Nc2c(C#N)cnn2-c2ccccc2)no1. The predicted molar refractivity (Wildman–Crippen MR) is 103 cm³/mol. The summed E-state index contributed by atoms with van der Waals surface area (Å²) >= 11 is 1.24. The molecule has 0 radical (unpaired) electrons. The van der Waals surface area contributed by atoms with E-state index in [-0.39, 0.29) is 17.1 Å². The summed E-state index contributed by atoms with van der Waals surface area (Å²) in [6, 6.07) is 11.0. The summed E-state index contributed by atoms with van der Waals surface area (Å²) in [7, 11) is 0. The molecule has 0 unspecified atom stereocenters. The Kier molecular flexibility index (Phi) is 6.59. The van der Waals surface area contributed by atoms with E-state index in [1.165, 1.54) is 22.6 Å². The predicted octanol–water partition coefficient (Wildman–Crippen LogP) is 1.85. The molecule has 3 aromatic rings. The van der Waals surface area contributed by atoms with E-state index in [0.717, 1.165) is 0 Å². The topological polar surface area (TPSA) is 136 Å². The quantitative estimate of drug-likeness (QED) is 0.550. The number of rotatable bonds is 8.